The molecule has 3 heteroatoms. The number of carbonyl (C=O) groups excluding carboxylic acids is 2. The molecule has 0 atom stereocenters. The lowest BCUT2D eigenvalue weighted by atomic mass is 9.96. The summed E-state index contributed by atoms with van der Waals surface area (Å²) >= 11 is 0. The molecule has 1 rings (SSSR count). The fourth-order valence-corrected chi connectivity index (χ4v) is 1.95. The molecule has 0 heterocycles. The quantitative estimate of drug-likeness (QED) is 0.800. The zero-order chi connectivity index (χ0) is 14.4. The van der Waals surface area contributed by atoms with Crippen molar-refractivity contribution in [1.82, 2.24) is 5.32 Å². The molecule has 0 aliphatic rings. The standard InChI is InChI=1S/C16H23NO2/c1-11(2)14-6-5-12(3)15(10-14)7-8-17-16(19)9-13(4)18/h5-6,10-11H,7-9H2,1-4H3,(H,17,19). The summed E-state index contributed by atoms with van der Waals surface area (Å²) < 4.78 is 0. The summed E-state index contributed by atoms with van der Waals surface area (Å²) in [5.74, 6) is 0.215. The van der Waals surface area contributed by atoms with Crippen molar-refractivity contribution in [2.75, 3.05) is 6.54 Å². The average Bonchev–Trinajstić information content (AvgIpc) is 2.30. The second kappa shape index (κ2) is 7.07. The molecule has 0 radical (unpaired) electrons. The Hall–Kier alpha value is -1.64. The van der Waals surface area contributed by atoms with Gasteiger partial charge in [0, 0.05) is 6.54 Å². The zero-order valence-electron chi connectivity index (χ0n) is 12.2. The van der Waals surface area contributed by atoms with Gasteiger partial charge >= 0.3 is 0 Å². The molecule has 1 aromatic carbocycles. The van der Waals surface area contributed by atoms with Crippen LogP contribution in [0, 0.1) is 6.92 Å². The minimum atomic E-state index is -0.190. The summed E-state index contributed by atoms with van der Waals surface area (Å²) in [4.78, 5) is 22.2. The molecule has 0 spiro atoms. The lowest BCUT2D eigenvalue weighted by Crippen LogP contribution is -2.27. The van der Waals surface area contributed by atoms with Gasteiger partial charge in [-0.15, -0.1) is 0 Å². The molecule has 19 heavy (non-hydrogen) atoms. The van der Waals surface area contributed by atoms with Crippen molar-refractivity contribution in [3.63, 3.8) is 0 Å². The highest BCUT2D eigenvalue weighted by Gasteiger charge is 2.06. The maximum Gasteiger partial charge on any atom is 0.227 e. The minimum absolute atomic E-state index is 0.0228. The van der Waals surface area contributed by atoms with E-state index in [-0.39, 0.29) is 18.1 Å². The van der Waals surface area contributed by atoms with Crippen LogP contribution in [0.1, 0.15) is 49.8 Å². The van der Waals surface area contributed by atoms with E-state index >= 15 is 0 Å². The van der Waals surface area contributed by atoms with Gasteiger partial charge in [0.05, 0.1) is 6.42 Å². The number of ketones is 1. The number of carbonyl (C=O) groups is 2. The van der Waals surface area contributed by atoms with Gasteiger partial charge in [-0.1, -0.05) is 32.0 Å². The van der Waals surface area contributed by atoms with Crippen molar-refractivity contribution in [2.45, 2.75) is 46.5 Å². The average molecular weight is 261 g/mol. The van der Waals surface area contributed by atoms with Gasteiger partial charge in [0.25, 0.3) is 0 Å². The highest BCUT2D eigenvalue weighted by atomic mass is 16.2. The Morgan fingerprint density at radius 3 is 2.53 bits per heavy atom. The van der Waals surface area contributed by atoms with E-state index in [1.807, 2.05) is 0 Å². The smallest absolute Gasteiger partial charge is 0.227 e. The molecule has 0 saturated heterocycles. The Morgan fingerprint density at radius 2 is 1.95 bits per heavy atom. The molecule has 1 N–H and O–H groups in total. The van der Waals surface area contributed by atoms with E-state index in [0.29, 0.717) is 12.5 Å². The van der Waals surface area contributed by atoms with Crippen molar-refractivity contribution in [3.05, 3.63) is 34.9 Å². The van der Waals surface area contributed by atoms with Crippen LogP contribution in [0.25, 0.3) is 0 Å². The first-order valence-corrected chi connectivity index (χ1v) is 6.75. The molecule has 104 valence electrons. The molecule has 0 unspecified atom stereocenters. The van der Waals surface area contributed by atoms with E-state index in [1.165, 1.54) is 23.6 Å². The number of rotatable bonds is 6. The molecule has 0 aliphatic heterocycles. The largest absolute Gasteiger partial charge is 0.355 e. The molecular weight excluding hydrogens is 238 g/mol. The molecule has 0 fully saturated rings. The van der Waals surface area contributed by atoms with Crippen LogP contribution in [-0.4, -0.2) is 18.2 Å². The van der Waals surface area contributed by atoms with Gasteiger partial charge in [-0.2, -0.15) is 0 Å². The van der Waals surface area contributed by atoms with E-state index in [0.717, 1.165) is 6.42 Å². The second-order valence-corrected chi connectivity index (χ2v) is 5.32. The SMILES string of the molecule is CC(=O)CC(=O)NCCc1cc(C(C)C)ccc1C. The Labute approximate surface area is 115 Å². The highest BCUT2D eigenvalue weighted by molar-refractivity contribution is 5.96. The van der Waals surface area contributed by atoms with Crippen LogP contribution in [0.3, 0.4) is 0 Å². The number of aryl methyl sites for hydroxylation is 1. The lowest BCUT2D eigenvalue weighted by Gasteiger charge is -2.11. The van der Waals surface area contributed by atoms with Crippen LogP contribution >= 0.6 is 0 Å². The number of amides is 1. The number of nitrogens with one attached hydrogen (secondary N) is 1. The maximum absolute atomic E-state index is 11.4. The normalized spacial score (nSPS) is 10.6. The van der Waals surface area contributed by atoms with Crippen LogP contribution in [-0.2, 0) is 16.0 Å². The van der Waals surface area contributed by atoms with Crippen molar-refractivity contribution >= 4 is 11.7 Å². The third-order valence-electron chi connectivity index (χ3n) is 3.17. The van der Waals surface area contributed by atoms with E-state index < -0.39 is 0 Å². The van der Waals surface area contributed by atoms with Gasteiger partial charge in [-0.25, -0.2) is 0 Å². The molecule has 0 saturated carbocycles. The highest BCUT2D eigenvalue weighted by Crippen LogP contribution is 2.18. The summed E-state index contributed by atoms with van der Waals surface area (Å²) in [6.45, 7) is 8.42. The van der Waals surface area contributed by atoms with E-state index in [1.54, 1.807) is 0 Å². The van der Waals surface area contributed by atoms with Crippen molar-refractivity contribution in [1.29, 1.82) is 0 Å². The fourth-order valence-electron chi connectivity index (χ4n) is 1.95. The maximum atomic E-state index is 11.4. The van der Waals surface area contributed by atoms with Crippen LogP contribution in [0.15, 0.2) is 18.2 Å². The summed E-state index contributed by atoms with van der Waals surface area (Å²) in [6.07, 6.45) is 0.779. The van der Waals surface area contributed by atoms with Crippen molar-refractivity contribution in [3.8, 4) is 0 Å². The third-order valence-corrected chi connectivity index (χ3v) is 3.17. The predicted octanol–water partition coefficient (Wildman–Crippen LogP) is 2.76. The number of hydrogen-bond donors (Lipinski definition) is 1. The number of hydrogen-bond acceptors (Lipinski definition) is 2. The summed E-state index contributed by atoms with van der Waals surface area (Å²) in [5, 5.41) is 2.78. The Morgan fingerprint density at radius 1 is 1.26 bits per heavy atom. The van der Waals surface area contributed by atoms with Crippen LogP contribution in [0.4, 0.5) is 0 Å². The van der Waals surface area contributed by atoms with Crippen LogP contribution in [0.5, 0.6) is 0 Å². The van der Waals surface area contributed by atoms with E-state index in [2.05, 4.69) is 44.3 Å². The number of Topliss-reactive ketones (excluding diaryl/α,β-unsaturated/α-hetero) is 1. The van der Waals surface area contributed by atoms with Gasteiger partial charge in [0.1, 0.15) is 5.78 Å². The Balaban J connectivity index is 2.55. The van der Waals surface area contributed by atoms with Gasteiger partial charge in [-0.05, 0) is 42.9 Å². The first-order valence-electron chi connectivity index (χ1n) is 6.75. The summed E-state index contributed by atoms with van der Waals surface area (Å²) in [7, 11) is 0. The molecular formula is C16H23NO2. The minimum Gasteiger partial charge on any atom is -0.355 e. The van der Waals surface area contributed by atoms with Gasteiger partial charge in [-0.3, -0.25) is 9.59 Å². The summed E-state index contributed by atoms with van der Waals surface area (Å²) in [6, 6.07) is 6.48. The first-order chi connectivity index (χ1) is 8.90. The van der Waals surface area contributed by atoms with Crippen LogP contribution in [0.2, 0.25) is 0 Å². The first kappa shape index (κ1) is 15.4. The van der Waals surface area contributed by atoms with Gasteiger partial charge in [0.2, 0.25) is 5.91 Å². The molecule has 0 aromatic heterocycles. The monoisotopic (exact) mass is 261 g/mol. The Kier molecular flexibility index (Phi) is 5.74. The zero-order valence-corrected chi connectivity index (χ0v) is 12.2. The topological polar surface area (TPSA) is 46.2 Å². The van der Waals surface area contributed by atoms with Crippen LogP contribution < -0.4 is 5.32 Å². The Bertz CT molecular complexity index is 464. The van der Waals surface area contributed by atoms with E-state index in [4.69, 9.17) is 0 Å². The molecule has 1 amide bonds. The summed E-state index contributed by atoms with van der Waals surface area (Å²) in [5.41, 5.74) is 3.82. The van der Waals surface area contributed by atoms with E-state index in [9.17, 15) is 9.59 Å². The lowest BCUT2D eigenvalue weighted by molar-refractivity contribution is -0.127. The van der Waals surface area contributed by atoms with Gasteiger partial charge in [0.15, 0.2) is 0 Å². The molecule has 0 bridgehead atoms. The third kappa shape index (κ3) is 5.25. The molecule has 0 aliphatic carbocycles. The van der Waals surface area contributed by atoms with Crippen molar-refractivity contribution < 1.29 is 9.59 Å². The van der Waals surface area contributed by atoms with Crippen molar-refractivity contribution in [2.24, 2.45) is 0 Å². The predicted molar refractivity (Wildman–Crippen MR) is 77.3 cm³/mol. The molecule has 3 nitrogen and oxygen atoms in total. The number of benzene rings is 1. The molecule has 1 aromatic rings. The van der Waals surface area contributed by atoms with Gasteiger partial charge < -0.3 is 5.32 Å². The second-order valence-electron chi connectivity index (χ2n) is 5.32. The fraction of sp³-hybridized carbons (Fsp3) is 0.500.